The number of anilines is 1. The number of hydrogen-bond acceptors (Lipinski definition) is 5. The first-order valence-electron chi connectivity index (χ1n) is 9.51. The smallest absolute Gasteiger partial charge is 0.282 e. The van der Waals surface area contributed by atoms with Crippen molar-refractivity contribution < 1.29 is 27.8 Å². The molecule has 4 rings (SSSR count). The van der Waals surface area contributed by atoms with Crippen LogP contribution in [-0.2, 0) is 9.59 Å². The maximum absolute atomic E-state index is 14.4. The van der Waals surface area contributed by atoms with Gasteiger partial charge in [0.1, 0.15) is 17.3 Å². The SMILES string of the molecule is COc1ccc(C2=C(N3CCCC3)C(=O)N(c3cc(F)ccc3F)C2=O)cc1OC. The van der Waals surface area contributed by atoms with E-state index in [0.29, 0.717) is 35.1 Å². The average molecular weight is 414 g/mol. The summed E-state index contributed by atoms with van der Waals surface area (Å²) < 4.78 is 38.8. The quantitative estimate of drug-likeness (QED) is 0.703. The molecule has 8 heteroatoms. The van der Waals surface area contributed by atoms with Crippen molar-refractivity contribution in [2.75, 3.05) is 32.2 Å². The standard InChI is InChI=1S/C22H20F2N2O4/c1-29-17-8-5-13(11-18(17)30-2)19-20(25-9-3-4-10-25)22(28)26(21(19)27)16-12-14(23)6-7-15(16)24/h5-8,11-12H,3-4,9-10H2,1-2H3. The van der Waals surface area contributed by atoms with Crippen LogP contribution in [0.5, 0.6) is 11.5 Å². The fraction of sp³-hybridized carbons (Fsp3) is 0.273. The van der Waals surface area contributed by atoms with E-state index in [1.54, 1.807) is 18.2 Å². The zero-order valence-electron chi connectivity index (χ0n) is 16.6. The summed E-state index contributed by atoms with van der Waals surface area (Å²) in [6.07, 6.45) is 1.75. The van der Waals surface area contributed by atoms with Gasteiger partial charge >= 0.3 is 0 Å². The molecule has 2 heterocycles. The molecule has 6 nitrogen and oxygen atoms in total. The van der Waals surface area contributed by atoms with Gasteiger partial charge in [-0.15, -0.1) is 0 Å². The van der Waals surface area contributed by atoms with Crippen molar-refractivity contribution in [3.63, 3.8) is 0 Å². The van der Waals surface area contributed by atoms with Crippen LogP contribution in [0.2, 0.25) is 0 Å². The summed E-state index contributed by atoms with van der Waals surface area (Å²) in [5.74, 6) is -2.12. The maximum Gasteiger partial charge on any atom is 0.282 e. The van der Waals surface area contributed by atoms with Gasteiger partial charge in [-0.05, 0) is 42.7 Å². The van der Waals surface area contributed by atoms with Gasteiger partial charge in [0, 0.05) is 19.2 Å². The Bertz CT molecular complexity index is 1060. The van der Waals surface area contributed by atoms with Crippen molar-refractivity contribution in [2.24, 2.45) is 0 Å². The maximum atomic E-state index is 14.4. The van der Waals surface area contributed by atoms with Crippen molar-refractivity contribution in [1.82, 2.24) is 4.90 Å². The number of ether oxygens (including phenoxy) is 2. The highest BCUT2D eigenvalue weighted by Gasteiger charge is 2.44. The van der Waals surface area contributed by atoms with Crippen LogP contribution in [0.1, 0.15) is 18.4 Å². The van der Waals surface area contributed by atoms with Crippen molar-refractivity contribution in [1.29, 1.82) is 0 Å². The van der Waals surface area contributed by atoms with Crippen LogP contribution < -0.4 is 14.4 Å². The Balaban J connectivity index is 1.87. The largest absolute Gasteiger partial charge is 0.493 e. The second-order valence-electron chi connectivity index (χ2n) is 7.03. The highest BCUT2D eigenvalue weighted by molar-refractivity contribution is 6.45. The lowest BCUT2D eigenvalue weighted by Gasteiger charge is -2.20. The monoisotopic (exact) mass is 414 g/mol. The Morgan fingerprint density at radius 3 is 2.23 bits per heavy atom. The van der Waals surface area contributed by atoms with Gasteiger partial charge in [0.25, 0.3) is 11.8 Å². The van der Waals surface area contributed by atoms with Crippen LogP contribution in [0.25, 0.3) is 5.57 Å². The number of likely N-dealkylation sites (tertiary alicyclic amines) is 1. The summed E-state index contributed by atoms with van der Waals surface area (Å²) in [7, 11) is 2.96. The van der Waals surface area contributed by atoms with Gasteiger partial charge in [-0.2, -0.15) is 0 Å². The van der Waals surface area contributed by atoms with E-state index in [1.807, 2.05) is 4.90 Å². The lowest BCUT2D eigenvalue weighted by Crippen LogP contribution is -2.35. The van der Waals surface area contributed by atoms with Crippen LogP contribution in [0.4, 0.5) is 14.5 Å². The lowest BCUT2D eigenvalue weighted by molar-refractivity contribution is -0.120. The van der Waals surface area contributed by atoms with E-state index < -0.39 is 29.1 Å². The minimum absolute atomic E-state index is 0.131. The summed E-state index contributed by atoms with van der Waals surface area (Å²) in [6, 6.07) is 7.56. The highest BCUT2D eigenvalue weighted by Crippen LogP contribution is 2.39. The van der Waals surface area contributed by atoms with Gasteiger partial charge in [0.05, 0.1) is 25.5 Å². The third kappa shape index (κ3) is 3.18. The van der Waals surface area contributed by atoms with Gasteiger partial charge in [-0.25, -0.2) is 13.7 Å². The van der Waals surface area contributed by atoms with E-state index in [9.17, 15) is 18.4 Å². The van der Waals surface area contributed by atoms with Crippen LogP contribution >= 0.6 is 0 Å². The molecule has 2 aliphatic heterocycles. The molecule has 1 saturated heterocycles. The molecule has 2 aromatic rings. The van der Waals surface area contributed by atoms with Crippen LogP contribution in [0.3, 0.4) is 0 Å². The summed E-state index contributed by atoms with van der Waals surface area (Å²) in [4.78, 5) is 29.2. The third-order valence-corrected chi connectivity index (χ3v) is 5.30. The van der Waals surface area contributed by atoms with Gasteiger partial charge < -0.3 is 14.4 Å². The molecule has 0 radical (unpaired) electrons. The average Bonchev–Trinajstić information content (AvgIpc) is 3.35. The Labute approximate surface area is 172 Å². The molecule has 0 atom stereocenters. The molecule has 2 aromatic carbocycles. The minimum Gasteiger partial charge on any atom is -0.493 e. The Kier molecular flexibility index (Phi) is 5.15. The number of rotatable bonds is 5. The first kappa shape index (κ1) is 19.9. The summed E-state index contributed by atoms with van der Waals surface area (Å²) in [5.41, 5.74) is 0.351. The molecule has 2 aliphatic rings. The number of carbonyl (C=O) groups excluding carboxylic acids is 2. The van der Waals surface area contributed by atoms with Crippen molar-refractivity contribution in [3.05, 3.63) is 59.3 Å². The zero-order chi connectivity index (χ0) is 21.4. The molecule has 30 heavy (non-hydrogen) atoms. The molecular weight excluding hydrogens is 394 g/mol. The van der Waals surface area contributed by atoms with Crippen LogP contribution in [-0.4, -0.2) is 44.0 Å². The van der Waals surface area contributed by atoms with Gasteiger partial charge in [0.15, 0.2) is 11.5 Å². The van der Waals surface area contributed by atoms with Crippen LogP contribution in [0, 0.1) is 11.6 Å². The van der Waals surface area contributed by atoms with E-state index in [2.05, 4.69) is 0 Å². The second kappa shape index (κ2) is 7.78. The highest BCUT2D eigenvalue weighted by atomic mass is 19.1. The number of carbonyl (C=O) groups is 2. The topological polar surface area (TPSA) is 59.1 Å². The first-order valence-corrected chi connectivity index (χ1v) is 9.51. The van der Waals surface area contributed by atoms with Gasteiger partial charge in [-0.3, -0.25) is 9.59 Å². The number of hydrogen-bond donors (Lipinski definition) is 0. The molecule has 0 spiro atoms. The molecule has 0 aliphatic carbocycles. The fourth-order valence-electron chi connectivity index (χ4n) is 3.88. The molecule has 0 N–H and O–H groups in total. The van der Waals surface area contributed by atoms with Crippen molar-refractivity contribution in [2.45, 2.75) is 12.8 Å². The zero-order valence-corrected chi connectivity index (χ0v) is 16.6. The predicted molar refractivity (Wildman–Crippen MR) is 106 cm³/mol. The summed E-state index contributed by atoms with van der Waals surface area (Å²) >= 11 is 0. The van der Waals surface area contributed by atoms with E-state index in [0.717, 1.165) is 31.0 Å². The fourth-order valence-corrected chi connectivity index (χ4v) is 3.88. The molecule has 1 fully saturated rings. The van der Waals surface area contributed by atoms with Crippen molar-refractivity contribution >= 4 is 23.1 Å². The van der Waals surface area contributed by atoms with E-state index >= 15 is 0 Å². The third-order valence-electron chi connectivity index (χ3n) is 5.30. The number of methoxy groups -OCH3 is 2. The number of nitrogens with zero attached hydrogens (tertiary/aromatic N) is 2. The second-order valence-corrected chi connectivity index (χ2v) is 7.03. The molecule has 0 saturated carbocycles. The summed E-state index contributed by atoms with van der Waals surface area (Å²) in [5, 5.41) is 0. The van der Waals surface area contributed by atoms with E-state index in [4.69, 9.17) is 9.47 Å². The minimum atomic E-state index is -0.854. The molecule has 0 unspecified atom stereocenters. The molecule has 0 aromatic heterocycles. The van der Waals surface area contributed by atoms with Crippen molar-refractivity contribution in [3.8, 4) is 11.5 Å². The number of benzene rings is 2. The van der Waals surface area contributed by atoms with Gasteiger partial charge in [0.2, 0.25) is 0 Å². The summed E-state index contributed by atoms with van der Waals surface area (Å²) in [6.45, 7) is 1.20. The Morgan fingerprint density at radius 1 is 0.867 bits per heavy atom. The van der Waals surface area contributed by atoms with E-state index in [-0.39, 0.29) is 11.3 Å². The Morgan fingerprint density at radius 2 is 1.57 bits per heavy atom. The molecular formula is C22H20F2N2O4. The van der Waals surface area contributed by atoms with Gasteiger partial charge in [-0.1, -0.05) is 6.07 Å². The Hall–Kier alpha value is -3.42. The number of imide groups is 1. The van der Waals surface area contributed by atoms with Crippen LogP contribution in [0.15, 0.2) is 42.1 Å². The number of halogens is 2. The normalized spacial score (nSPS) is 16.7. The molecule has 156 valence electrons. The first-order chi connectivity index (χ1) is 14.5. The number of amides is 2. The lowest BCUT2D eigenvalue weighted by atomic mass is 10.0. The molecule has 0 bridgehead atoms. The van der Waals surface area contributed by atoms with E-state index in [1.165, 1.54) is 14.2 Å². The predicted octanol–water partition coefficient (Wildman–Crippen LogP) is 3.36. The molecule has 2 amide bonds.